The van der Waals surface area contributed by atoms with Crippen LogP contribution >= 0.6 is 11.6 Å². The molecule has 0 unspecified atom stereocenters. The topological polar surface area (TPSA) is 30.5 Å². The Bertz CT molecular complexity index is 928. The second-order valence-electron chi connectivity index (χ2n) is 6.44. The Morgan fingerprint density at radius 2 is 1.75 bits per heavy atom. The molecule has 3 aromatic rings. The molecule has 1 N–H and O–H groups in total. The number of anilines is 1. The number of halogens is 2. The molecule has 3 nitrogen and oxygen atoms in total. The van der Waals surface area contributed by atoms with Crippen LogP contribution in [-0.2, 0) is 13.2 Å². The minimum Gasteiger partial charge on any atom is -0.490 e. The maximum atomic E-state index is 13.8. The quantitative estimate of drug-likeness (QED) is 0.477. The summed E-state index contributed by atoms with van der Waals surface area (Å²) in [6.45, 7) is 5.09. The van der Waals surface area contributed by atoms with Crippen molar-refractivity contribution in [3.05, 3.63) is 88.2 Å². The van der Waals surface area contributed by atoms with Crippen molar-refractivity contribution in [2.24, 2.45) is 0 Å². The first-order chi connectivity index (χ1) is 13.6. The number of rotatable bonds is 8. The van der Waals surface area contributed by atoms with Gasteiger partial charge in [0.15, 0.2) is 11.5 Å². The molecule has 0 aliphatic heterocycles. The van der Waals surface area contributed by atoms with E-state index in [0.717, 1.165) is 11.3 Å². The normalized spacial score (nSPS) is 10.6. The van der Waals surface area contributed by atoms with Crippen LogP contribution in [0.1, 0.15) is 23.6 Å². The summed E-state index contributed by atoms with van der Waals surface area (Å²) in [7, 11) is 0. The predicted octanol–water partition coefficient (Wildman–Crippen LogP) is 6.38. The lowest BCUT2D eigenvalue weighted by atomic mass is 10.1. The van der Waals surface area contributed by atoms with Crippen molar-refractivity contribution in [1.82, 2.24) is 0 Å². The van der Waals surface area contributed by atoms with Gasteiger partial charge in [0.1, 0.15) is 12.4 Å². The van der Waals surface area contributed by atoms with Gasteiger partial charge in [-0.25, -0.2) is 4.39 Å². The van der Waals surface area contributed by atoms with Gasteiger partial charge in [-0.15, -0.1) is 0 Å². The molecule has 0 aliphatic carbocycles. The standard InChI is InChI=1S/C23H23ClFNO2/c1-3-27-22-13-17(14-26-19-10-8-16(2)9-11-19)12-20(24)23(22)28-15-18-6-4-5-7-21(18)25/h4-13,26H,3,14-15H2,1-2H3. The summed E-state index contributed by atoms with van der Waals surface area (Å²) in [6, 6.07) is 18.4. The number of benzene rings is 3. The van der Waals surface area contributed by atoms with Gasteiger partial charge in [-0.2, -0.15) is 0 Å². The average Bonchev–Trinajstić information content (AvgIpc) is 2.68. The highest BCUT2D eigenvalue weighted by Crippen LogP contribution is 2.37. The smallest absolute Gasteiger partial charge is 0.180 e. The second kappa shape index (κ2) is 9.47. The van der Waals surface area contributed by atoms with Crippen LogP contribution in [0.15, 0.2) is 60.7 Å². The van der Waals surface area contributed by atoms with Crippen LogP contribution in [0, 0.1) is 12.7 Å². The lowest BCUT2D eigenvalue weighted by Crippen LogP contribution is -2.04. The van der Waals surface area contributed by atoms with Crippen molar-refractivity contribution in [3.63, 3.8) is 0 Å². The zero-order valence-corrected chi connectivity index (χ0v) is 16.7. The van der Waals surface area contributed by atoms with Gasteiger partial charge in [-0.05, 0) is 49.7 Å². The number of nitrogens with one attached hydrogen (secondary N) is 1. The fraction of sp³-hybridized carbons (Fsp3) is 0.217. The Hall–Kier alpha value is -2.72. The van der Waals surface area contributed by atoms with Crippen molar-refractivity contribution in [2.45, 2.75) is 27.0 Å². The fourth-order valence-corrected chi connectivity index (χ4v) is 3.06. The largest absolute Gasteiger partial charge is 0.490 e. The molecule has 0 heterocycles. The highest BCUT2D eigenvalue weighted by Gasteiger charge is 2.14. The molecule has 0 bridgehead atoms. The Kier molecular flexibility index (Phi) is 6.77. The van der Waals surface area contributed by atoms with Crippen molar-refractivity contribution in [2.75, 3.05) is 11.9 Å². The van der Waals surface area contributed by atoms with Crippen molar-refractivity contribution < 1.29 is 13.9 Å². The Balaban J connectivity index is 1.75. The molecule has 0 saturated carbocycles. The third kappa shape index (κ3) is 5.17. The first-order valence-electron chi connectivity index (χ1n) is 9.18. The molecular formula is C23H23ClFNO2. The van der Waals surface area contributed by atoms with Crippen LogP contribution in [0.5, 0.6) is 11.5 Å². The molecule has 0 aromatic heterocycles. The van der Waals surface area contributed by atoms with Gasteiger partial charge in [-0.1, -0.05) is 47.5 Å². The zero-order valence-electron chi connectivity index (χ0n) is 16.0. The summed E-state index contributed by atoms with van der Waals surface area (Å²) in [5.41, 5.74) is 3.67. The molecule has 5 heteroatoms. The van der Waals surface area contributed by atoms with Crippen LogP contribution in [0.25, 0.3) is 0 Å². The van der Waals surface area contributed by atoms with Crippen LogP contribution in [0.4, 0.5) is 10.1 Å². The molecule has 146 valence electrons. The van der Waals surface area contributed by atoms with E-state index in [-0.39, 0.29) is 12.4 Å². The minimum atomic E-state index is -0.310. The maximum Gasteiger partial charge on any atom is 0.180 e. The van der Waals surface area contributed by atoms with Gasteiger partial charge in [-0.3, -0.25) is 0 Å². The monoisotopic (exact) mass is 399 g/mol. The van der Waals surface area contributed by atoms with E-state index in [1.165, 1.54) is 11.6 Å². The summed E-state index contributed by atoms with van der Waals surface area (Å²) >= 11 is 6.45. The molecular weight excluding hydrogens is 377 g/mol. The van der Waals surface area contributed by atoms with Crippen molar-refractivity contribution >= 4 is 17.3 Å². The Morgan fingerprint density at radius 1 is 1.00 bits per heavy atom. The predicted molar refractivity (Wildman–Crippen MR) is 112 cm³/mol. The average molecular weight is 400 g/mol. The van der Waals surface area contributed by atoms with Gasteiger partial charge in [0.05, 0.1) is 11.6 Å². The van der Waals surface area contributed by atoms with Crippen LogP contribution in [0.3, 0.4) is 0 Å². The second-order valence-corrected chi connectivity index (χ2v) is 6.84. The molecule has 3 aromatic carbocycles. The van der Waals surface area contributed by atoms with E-state index < -0.39 is 0 Å². The van der Waals surface area contributed by atoms with Crippen LogP contribution in [-0.4, -0.2) is 6.61 Å². The number of ether oxygens (including phenoxy) is 2. The summed E-state index contributed by atoms with van der Waals surface area (Å²) in [4.78, 5) is 0. The molecule has 0 saturated heterocycles. The van der Waals surface area contributed by atoms with E-state index in [4.69, 9.17) is 21.1 Å². The summed E-state index contributed by atoms with van der Waals surface area (Å²) in [6.07, 6.45) is 0. The third-order valence-corrected chi connectivity index (χ3v) is 4.53. The van der Waals surface area contributed by atoms with Gasteiger partial charge >= 0.3 is 0 Å². The molecule has 28 heavy (non-hydrogen) atoms. The van der Waals surface area contributed by atoms with E-state index in [1.54, 1.807) is 18.2 Å². The molecule has 0 amide bonds. The summed E-state index contributed by atoms with van der Waals surface area (Å²) in [5, 5.41) is 3.80. The molecule has 0 radical (unpaired) electrons. The third-order valence-electron chi connectivity index (χ3n) is 4.25. The first-order valence-corrected chi connectivity index (χ1v) is 9.56. The van der Waals surface area contributed by atoms with Gasteiger partial charge in [0.2, 0.25) is 0 Å². The summed E-state index contributed by atoms with van der Waals surface area (Å²) < 4.78 is 25.4. The summed E-state index contributed by atoms with van der Waals surface area (Å²) in [5.74, 6) is 0.661. The highest BCUT2D eigenvalue weighted by atomic mass is 35.5. The minimum absolute atomic E-state index is 0.0768. The number of hydrogen-bond donors (Lipinski definition) is 1. The van der Waals surface area contributed by atoms with Gasteiger partial charge in [0, 0.05) is 17.8 Å². The zero-order chi connectivity index (χ0) is 19.9. The molecule has 0 aliphatic rings. The lowest BCUT2D eigenvalue weighted by molar-refractivity contribution is 0.266. The van der Waals surface area contributed by atoms with Crippen LogP contribution in [0.2, 0.25) is 5.02 Å². The lowest BCUT2D eigenvalue weighted by Gasteiger charge is -2.16. The van der Waals surface area contributed by atoms with Crippen molar-refractivity contribution in [1.29, 1.82) is 0 Å². The van der Waals surface area contributed by atoms with E-state index in [9.17, 15) is 4.39 Å². The molecule has 0 fully saturated rings. The van der Waals surface area contributed by atoms with E-state index in [1.807, 2.05) is 31.2 Å². The van der Waals surface area contributed by atoms with Gasteiger partial charge < -0.3 is 14.8 Å². The van der Waals surface area contributed by atoms with E-state index >= 15 is 0 Å². The maximum absolute atomic E-state index is 13.8. The molecule has 0 spiro atoms. The SMILES string of the molecule is CCOc1cc(CNc2ccc(C)cc2)cc(Cl)c1OCc1ccccc1F. The van der Waals surface area contributed by atoms with Crippen LogP contribution < -0.4 is 14.8 Å². The Morgan fingerprint density at radius 3 is 2.46 bits per heavy atom. The molecule has 0 atom stereocenters. The molecule has 3 rings (SSSR count). The number of hydrogen-bond acceptors (Lipinski definition) is 3. The number of aryl methyl sites for hydroxylation is 1. The van der Waals surface area contributed by atoms with E-state index in [0.29, 0.717) is 35.2 Å². The van der Waals surface area contributed by atoms with Crippen molar-refractivity contribution in [3.8, 4) is 11.5 Å². The fourth-order valence-electron chi connectivity index (χ4n) is 2.77. The highest BCUT2D eigenvalue weighted by molar-refractivity contribution is 6.32. The Labute approximate surface area is 170 Å². The van der Waals surface area contributed by atoms with E-state index in [2.05, 4.69) is 24.4 Å². The first kappa shape index (κ1) is 20.0. The van der Waals surface area contributed by atoms with Gasteiger partial charge in [0.25, 0.3) is 0 Å².